The van der Waals surface area contributed by atoms with Gasteiger partial charge in [-0.25, -0.2) is 14.4 Å². The summed E-state index contributed by atoms with van der Waals surface area (Å²) in [6, 6.07) is 0. The van der Waals surface area contributed by atoms with Crippen molar-refractivity contribution < 1.29 is 34.2 Å². The summed E-state index contributed by atoms with van der Waals surface area (Å²) in [5.41, 5.74) is 0. The van der Waals surface area contributed by atoms with Gasteiger partial charge < -0.3 is 15.3 Å². The number of aliphatic carboxylic acids is 3. The third-order valence-corrected chi connectivity index (χ3v) is 6.81. The molecule has 0 aromatic carbocycles. The first-order valence-corrected chi connectivity index (χ1v) is 14.5. The Labute approximate surface area is 219 Å². The maximum absolute atomic E-state index is 11.2. The molecule has 0 amide bonds. The first-order valence-electron chi connectivity index (χ1n) is 14.5. The fraction of sp³-hybridized carbons (Fsp3) is 0.828. The van der Waals surface area contributed by atoms with E-state index in [1.54, 1.807) is 0 Å². The monoisotopic (exact) mass is 512 g/mol. The van der Waals surface area contributed by atoms with Gasteiger partial charge >= 0.3 is 17.9 Å². The average molecular weight is 513 g/mol. The number of quaternary nitrogens is 1. The molecule has 0 heterocycles. The van der Waals surface area contributed by atoms with Gasteiger partial charge in [0.15, 0.2) is 19.6 Å². The minimum atomic E-state index is -1.17. The molecule has 0 aliphatic rings. The Morgan fingerprint density at radius 3 is 1.14 bits per heavy atom. The molecule has 7 heteroatoms. The number of nitrogens with zero attached hydrogens (tertiary/aromatic N) is 1. The Hall–Kier alpha value is -1.89. The molecule has 0 saturated heterocycles. The molecule has 210 valence electrons. The lowest BCUT2D eigenvalue weighted by Gasteiger charge is -2.34. The van der Waals surface area contributed by atoms with E-state index in [0.717, 1.165) is 19.3 Å². The standard InChI is InChI=1S/C29H53NO6/c1-2-3-4-5-6-7-8-9-10-11-12-13-14-15-16-17-18-19-20-21-22-23-30(24-27(31)32,25-28(33)34)26-29(35)36/h5-6H,2-4,7-26H2,1H3,(H2-,31,32,33,34,35,36)/p+1/b6-5+. The molecular weight excluding hydrogens is 458 g/mol. The van der Waals surface area contributed by atoms with E-state index < -0.39 is 42.0 Å². The van der Waals surface area contributed by atoms with E-state index in [4.69, 9.17) is 15.3 Å². The molecule has 0 bridgehead atoms. The highest BCUT2D eigenvalue weighted by Gasteiger charge is 2.35. The Kier molecular flexibility index (Phi) is 22.3. The van der Waals surface area contributed by atoms with E-state index in [0.29, 0.717) is 6.42 Å². The van der Waals surface area contributed by atoms with Crippen LogP contribution in [-0.4, -0.2) is 63.9 Å². The van der Waals surface area contributed by atoms with E-state index >= 15 is 0 Å². The normalized spacial score (nSPS) is 11.8. The molecule has 0 atom stereocenters. The van der Waals surface area contributed by atoms with Crippen LogP contribution in [0, 0.1) is 0 Å². The Morgan fingerprint density at radius 2 is 0.806 bits per heavy atom. The number of hydrogen-bond donors (Lipinski definition) is 3. The van der Waals surface area contributed by atoms with Gasteiger partial charge in [0.05, 0.1) is 6.54 Å². The zero-order valence-corrected chi connectivity index (χ0v) is 22.9. The van der Waals surface area contributed by atoms with E-state index in [1.165, 1.54) is 96.3 Å². The smallest absolute Gasteiger partial charge is 0.359 e. The van der Waals surface area contributed by atoms with Gasteiger partial charge in [-0.15, -0.1) is 0 Å². The Bertz CT molecular complexity index is 564. The number of allylic oxidation sites excluding steroid dienone is 2. The van der Waals surface area contributed by atoms with Crippen molar-refractivity contribution in [3.63, 3.8) is 0 Å². The molecule has 0 unspecified atom stereocenters. The highest BCUT2D eigenvalue weighted by Crippen LogP contribution is 2.15. The first kappa shape index (κ1) is 34.1. The van der Waals surface area contributed by atoms with E-state index in [-0.39, 0.29) is 6.54 Å². The van der Waals surface area contributed by atoms with Gasteiger partial charge in [0, 0.05) is 0 Å². The SMILES string of the molecule is CCCC/C=C/CCCCCCCCCCCCCCCCC[N+](CC(=O)O)(CC(=O)O)CC(=O)O. The summed E-state index contributed by atoms with van der Waals surface area (Å²) in [6.07, 6.45) is 27.9. The summed E-state index contributed by atoms with van der Waals surface area (Å²) in [7, 11) is 0. The zero-order chi connectivity index (χ0) is 26.9. The van der Waals surface area contributed by atoms with Crippen molar-refractivity contribution in [1.82, 2.24) is 0 Å². The Morgan fingerprint density at radius 1 is 0.500 bits per heavy atom. The molecule has 0 aliphatic carbocycles. The highest BCUT2D eigenvalue weighted by molar-refractivity contribution is 5.73. The fourth-order valence-electron chi connectivity index (χ4n) is 4.83. The quantitative estimate of drug-likeness (QED) is 0.0618. The van der Waals surface area contributed by atoms with Crippen LogP contribution >= 0.6 is 0 Å². The van der Waals surface area contributed by atoms with Crippen LogP contribution in [0.4, 0.5) is 0 Å². The molecule has 0 spiro atoms. The fourth-order valence-corrected chi connectivity index (χ4v) is 4.83. The van der Waals surface area contributed by atoms with Crippen LogP contribution in [0.3, 0.4) is 0 Å². The van der Waals surface area contributed by atoms with Gasteiger partial charge in [-0.3, -0.25) is 4.48 Å². The molecule has 36 heavy (non-hydrogen) atoms. The summed E-state index contributed by atoms with van der Waals surface area (Å²) < 4.78 is -0.434. The number of carbonyl (C=O) groups is 3. The molecule has 0 aromatic rings. The number of hydrogen-bond acceptors (Lipinski definition) is 3. The lowest BCUT2D eigenvalue weighted by molar-refractivity contribution is -0.907. The van der Waals surface area contributed by atoms with Crippen molar-refractivity contribution in [2.75, 3.05) is 26.2 Å². The zero-order valence-electron chi connectivity index (χ0n) is 22.9. The molecule has 7 nitrogen and oxygen atoms in total. The molecule has 0 fully saturated rings. The molecule has 0 saturated carbocycles. The average Bonchev–Trinajstić information content (AvgIpc) is 2.78. The number of carboxylic acid groups (broad SMARTS) is 3. The second-order valence-electron chi connectivity index (χ2n) is 10.4. The van der Waals surface area contributed by atoms with Crippen LogP contribution in [0.15, 0.2) is 12.2 Å². The summed E-state index contributed by atoms with van der Waals surface area (Å²) in [5, 5.41) is 27.4. The molecule has 0 aliphatic heterocycles. The number of rotatable bonds is 27. The minimum absolute atomic E-state index is 0.265. The third kappa shape index (κ3) is 22.6. The van der Waals surface area contributed by atoms with Crippen molar-refractivity contribution in [2.45, 2.75) is 129 Å². The van der Waals surface area contributed by atoms with Crippen LogP contribution in [0.1, 0.15) is 129 Å². The maximum Gasteiger partial charge on any atom is 0.359 e. The van der Waals surface area contributed by atoms with Gasteiger partial charge in [-0.05, 0) is 32.1 Å². The molecule has 0 radical (unpaired) electrons. The predicted molar refractivity (Wildman–Crippen MR) is 145 cm³/mol. The van der Waals surface area contributed by atoms with Gasteiger partial charge in [0.25, 0.3) is 0 Å². The van der Waals surface area contributed by atoms with Crippen molar-refractivity contribution in [1.29, 1.82) is 0 Å². The van der Waals surface area contributed by atoms with E-state index in [2.05, 4.69) is 19.1 Å². The van der Waals surface area contributed by atoms with Crippen molar-refractivity contribution in [2.24, 2.45) is 0 Å². The van der Waals surface area contributed by atoms with E-state index in [9.17, 15) is 14.4 Å². The Balaban J connectivity index is 3.66. The van der Waals surface area contributed by atoms with Crippen LogP contribution < -0.4 is 0 Å². The second kappa shape index (κ2) is 23.5. The number of carboxylic acids is 3. The highest BCUT2D eigenvalue weighted by atomic mass is 16.4. The van der Waals surface area contributed by atoms with Crippen molar-refractivity contribution in [3.05, 3.63) is 12.2 Å². The molecule has 0 rings (SSSR count). The van der Waals surface area contributed by atoms with Crippen LogP contribution in [0.25, 0.3) is 0 Å². The van der Waals surface area contributed by atoms with Gasteiger partial charge in [-0.1, -0.05) is 109 Å². The summed E-state index contributed by atoms with van der Waals surface area (Å²) >= 11 is 0. The van der Waals surface area contributed by atoms with Gasteiger partial charge in [-0.2, -0.15) is 0 Å². The molecule has 0 aromatic heterocycles. The lowest BCUT2D eigenvalue weighted by atomic mass is 10.0. The maximum atomic E-state index is 11.2. The van der Waals surface area contributed by atoms with E-state index in [1.807, 2.05) is 0 Å². The first-order chi connectivity index (χ1) is 17.3. The lowest BCUT2D eigenvalue weighted by Crippen LogP contribution is -2.57. The molecule has 3 N–H and O–H groups in total. The second-order valence-corrected chi connectivity index (χ2v) is 10.4. The summed E-state index contributed by atoms with van der Waals surface area (Å²) in [6.45, 7) is 1.07. The molecular formula is C29H54NO6+. The topological polar surface area (TPSA) is 112 Å². The van der Waals surface area contributed by atoms with Crippen molar-refractivity contribution in [3.8, 4) is 0 Å². The summed E-state index contributed by atoms with van der Waals surface area (Å²) in [5.74, 6) is -3.50. The number of unbranched alkanes of at least 4 members (excludes halogenated alkanes) is 17. The van der Waals surface area contributed by atoms with Crippen LogP contribution in [0.5, 0.6) is 0 Å². The van der Waals surface area contributed by atoms with Crippen LogP contribution in [0.2, 0.25) is 0 Å². The minimum Gasteiger partial charge on any atom is -0.477 e. The predicted octanol–water partition coefficient (Wildman–Crippen LogP) is 7.05. The van der Waals surface area contributed by atoms with Crippen LogP contribution in [-0.2, 0) is 14.4 Å². The van der Waals surface area contributed by atoms with Gasteiger partial charge in [0.2, 0.25) is 0 Å². The summed E-state index contributed by atoms with van der Waals surface area (Å²) in [4.78, 5) is 33.6. The largest absolute Gasteiger partial charge is 0.477 e. The van der Waals surface area contributed by atoms with Gasteiger partial charge in [0.1, 0.15) is 0 Å². The van der Waals surface area contributed by atoms with Crippen molar-refractivity contribution >= 4 is 17.9 Å². The third-order valence-electron chi connectivity index (χ3n) is 6.81.